The minimum Gasteiger partial charge on any atom is -0.357 e. The van der Waals surface area contributed by atoms with Gasteiger partial charge in [-0.25, -0.2) is 4.98 Å². The predicted octanol–water partition coefficient (Wildman–Crippen LogP) is 2.66. The predicted molar refractivity (Wildman–Crippen MR) is 91.8 cm³/mol. The van der Waals surface area contributed by atoms with Gasteiger partial charge in [-0.05, 0) is 57.1 Å². The molecule has 1 aromatic rings. The lowest BCUT2D eigenvalue weighted by Crippen LogP contribution is -2.30. The number of hydrogen-bond donors (Lipinski definition) is 1. The Hall–Kier alpha value is -1.13. The highest BCUT2D eigenvalue weighted by Crippen LogP contribution is 2.16. The fourth-order valence-corrected chi connectivity index (χ4v) is 2.55. The molecule has 0 spiro atoms. The van der Waals surface area contributed by atoms with Gasteiger partial charge in [0.2, 0.25) is 0 Å². The summed E-state index contributed by atoms with van der Waals surface area (Å²) in [5.74, 6) is 1.08. The fourth-order valence-electron chi connectivity index (χ4n) is 2.55. The molecular weight excluding hydrogens is 260 g/mol. The van der Waals surface area contributed by atoms with Crippen molar-refractivity contribution in [2.45, 2.75) is 47.1 Å². The molecule has 0 radical (unpaired) electrons. The first-order valence-electron chi connectivity index (χ1n) is 8.35. The maximum absolute atomic E-state index is 5.81. The summed E-state index contributed by atoms with van der Waals surface area (Å²) >= 11 is 0. The summed E-state index contributed by atoms with van der Waals surface area (Å²) in [7, 11) is 0. The molecule has 1 rings (SSSR count). The highest BCUT2D eigenvalue weighted by molar-refractivity contribution is 5.42. The van der Waals surface area contributed by atoms with Gasteiger partial charge < -0.3 is 15.5 Å². The van der Waals surface area contributed by atoms with Crippen LogP contribution in [0.25, 0.3) is 0 Å². The maximum Gasteiger partial charge on any atom is 0.129 e. The van der Waals surface area contributed by atoms with Crippen LogP contribution in [0.15, 0.2) is 12.1 Å². The summed E-state index contributed by atoms with van der Waals surface area (Å²) in [6, 6.07) is 4.26. The van der Waals surface area contributed by atoms with E-state index < -0.39 is 0 Å². The lowest BCUT2D eigenvalue weighted by atomic mass is 10.2. The highest BCUT2D eigenvalue weighted by Gasteiger charge is 2.09. The average Bonchev–Trinajstić information content (AvgIpc) is 2.54. The summed E-state index contributed by atoms with van der Waals surface area (Å²) in [6.07, 6.45) is 2.13. The van der Waals surface area contributed by atoms with Crippen molar-refractivity contribution in [1.29, 1.82) is 0 Å². The second-order valence-corrected chi connectivity index (χ2v) is 5.34. The molecule has 0 unspecified atom stereocenters. The van der Waals surface area contributed by atoms with Gasteiger partial charge in [0.1, 0.15) is 5.82 Å². The number of aryl methyl sites for hydroxylation is 1. The van der Waals surface area contributed by atoms with Gasteiger partial charge >= 0.3 is 0 Å². The molecule has 1 aromatic heterocycles. The smallest absolute Gasteiger partial charge is 0.129 e. The first kappa shape index (κ1) is 17.9. The van der Waals surface area contributed by atoms with Crippen molar-refractivity contribution >= 4 is 5.82 Å². The normalized spacial score (nSPS) is 11.1. The molecule has 2 N–H and O–H groups in total. The van der Waals surface area contributed by atoms with Crippen LogP contribution in [0.4, 0.5) is 5.82 Å². The van der Waals surface area contributed by atoms with E-state index in [1.54, 1.807) is 0 Å². The fraction of sp³-hybridized carbons (Fsp3) is 0.706. The number of anilines is 1. The minimum absolute atomic E-state index is 0.583. The Morgan fingerprint density at radius 3 is 2.24 bits per heavy atom. The number of hydrogen-bond acceptors (Lipinski definition) is 4. The Kier molecular flexibility index (Phi) is 8.31. The number of aromatic nitrogens is 1. The average molecular weight is 292 g/mol. The van der Waals surface area contributed by atoms with E-state index in [0.29, 0.717) is 6.54 Å². The lowest BCUT2D eigenvalue weighted by molar-refractivity contribution is 0.300. The van der Waals surface area contributed by atoms with Crippen LogP contribution < -0.4 is 10.6 Å². The van der Waals surface area contributed by atoms with Crippen molar-refractivity contribution in [3.05, 3.63) is 23.4 Å². The van der Waals surface area contributed by atoms with Gasteiger partial charge in [0.25, 0.3) is 0 Å². The Morgan fingerprint density at radius 1 is 1.00 bits per heavy atom. The molecule has 1 heterocycles. The van der Waals surface area contributed by atoms with Crippen molar-refractivity contribution in [1.82, 2.24) is 9.88 Å². The zero-order valence-corrected chi connectivity index (χ0v) is 14.2. The largest absolute Gasteiger partial charge is 0.357 e. The molecule has 0 amide bonds. The maximum atomic E-state index is 5.81. The summed E-state index contributed by atoms with van der Waals surface area (Å²) in [5, 5.41) is 0. The molecule has 0 fully saturated rings. The van der Waals surface area contributed by atoms with E-state index >= 15 is 0 Å². The van der Waals surface area contributed by atoms with E-state index in [2.05, 4.69) is 49.6 Å². The monoisotopic (exact) mass is 292 g/mol. The van der Waals surface area contributed by atoms with Crippen molar-refractivity contribution in [3.63, 3.8) is 0 Å². The van der Waals surface area contributed by atoms with Gasteiger partial charge in [-0.2, -0.15) is 0 Å². The number of nitrogens with zero attached hydrogens (tertiary/aromatic N) is 3. The standard InChI is InChI=1S/C17H32N4/c1-5-16-12-15(14-18)13-17(19-16)21(8-4)11-9-10-20(6-2)7-3/h12-13H,5-11,14,18H2,1-4H3. The molecule has 0 atom stereocenters. The van der Waals surface area contributed by atoms with E-state index in [-0.39, 0.29) is 0 Å². The van der Waals surface area contributed by atoms with E-state index in [9.17, 15) is 0 Å². The Labute approximate surface area is 130 Å². The minimum atomic E-state index is 0.583. The van der Waals surface area contributed by atoms with Gasteiger partial charge in [-0.15, -0.1) is 0 Å². The van der Waals surface area contributed by atoms with Crippen molar-refractivity contribution in [2.24, 2.45) is 5.73 Å². The molecule has 4 heteroatoms. The molecular formula is C17H32N4. The Bertz CT molecular complexity index is 380. The molecule has 21 heavy (non-hydrogen) atoms. The zero-order valence-electron chi connectivity index (χ0n) is 14.2. The van der Waals surface area contributed by atoms with Gasteiger partial charge in [0, 0.05) is 25.3 Å². The number of nitrogens with two attached hydrogens (primary N) is 1. The quantitative estimate of drug-likeness (QED) is 0.720. The lowest BCUT2D eigenvalue weighted by Gasteiger charge is -2.25. The van der Waals surface area contributed by atoms with Crippen LogP contribution in [-0.2, 0) is 13.0 Å². The molecule has 0 aliphatic carbocycles. The third-order valence-electron chi connectivity index (χ3n) is 4.03. The summed E-state index contributed by atoms with van der Waals surface area (Å²) in [6.45, 7) is 14.8. The molecule has 0 saturated heterocycles. The summed E-state index contributed by atoms with van der Waals surface area (Å²) in [5.41, 5.74) is 8.12. The summed E-state index contributed by atoms with van der Waals surface area (Å²) < 4.78 is 0. The first-order valence-corrected chi connectivity index (χ1v) is 8.35. The third-order valence-corrected chi connectivity index (χ3v) is 4.03. The van der Waals surface area contributed by atoms with Gasteiger partial charge in [-0.3, -0.25) is 0 Å². The Morgan fingerprint density at radius 2 is 1.71 bits per heavy atom. The van der Waals surface area contributed by atoms with Crippen LogP contribution in [0, 0.1) is 0 Å². The van der Waals surface area contributed by atoms with Crippen molar-refractivity contribution < 1.29 is 0 Å². The third kappa shape index (κ3) is 5.64. The molecule has 4 nitrogen and oxygen atoms in total. The molecule has 0 aliphatic rings. The van der Waals surface area contributed by atoms with Crippen LogP contribution in [0.3, 0.4) is 0 Å². The SMILES string of the molecule is CCc1cc(CN)cc(N(CC)CCCN(CC)CC)n1. The van der Waals surface area contributed by atoms with E-state index in [0.717, 1.165) is 50.7 Å². The molecule has 0 aliphatic heterocycles. The van der Waals surface area contributed by atoms with Gasteiger partial charge in [0.15, 0.2) is 0 Å². The molecule has 0 saturated carbocycles. The number of rotatable bonds is 10. The van der Waals surface area contributed by atoms with Gasteiger partial charge in [0.05, 0.1) is 0 Å². The van der Waals surface area contributed by atoms with Crippen molar-refractivity contribution in [2.75, 3.05) is 37.6 Å². The molecule has 120 valence electrons. The Balaban J connectivity index is 2.70. The van der Waals surface area contributed by atoms with E-state index in [4.69, 9.17) is 10.7 Å². The van der Waals surface area contributed by atoms with Crippen LogP contribution in [0.5, 0.6) is 0 Å². The van der Waals surface area contributed by atoms with E-state index in [1.165, 1.54) is 12.0 Å². The second kappa shape index (κ2) is 9.74. The van der Waals surface area contributed by atoms with E-state index in [1.807, 2.05) is 0 Å². The van der Waals surface area contributed by atoms with Crippen LogP contribution in [0.1, 0.15) is 45.4 Å². The first-order chi connectivity index (χ1) is 10.2. The second-order valence-electron chi connectivity index (χ2n) is 5.34. The number of pyridine rings is 1. The highest BCUT2D eigenvalue weighted by atomic mass is 15.2. The van der Waals surface area contributed by atoms with Gasteiger partial charge in [-0.1, -0.05) is 20.8 Å². The van der Waals surface area contributed by atoms with Crippen LogP contribution in [0.2, 0.25) is 0 Å². The van der Waals surface area contributed by atoms with Crippen molar-refractivity contribution in [3.8, 4) is 0 Å². The topological polar surface area (TPSA) is 45.4 Å². The zero-order chi connectivity index (χ0) is 15.7. The molecule has 0 bridgehead atoms. The molecule has 0 aromatic carbocycles. The summed E-state index contributed by atoms with van der Waals surface area (Å²) in [4.78, 5) is 9.60. The van der Waals surface area contributed by atoms with Crippen LogP contribution >= 0.6 is 0 Å². The van der Waals surface area contributed by atoms with Crippen LogP contribution in [-0.4, -0.2) is 42.6 Å².